The molecule has 1 aliphatic rings. The van der Waals surface area contributed by atoms with Gasteiger partial charge in [0.25, 0.3) is 5.91 Å². The number of nitrogens with zero attached hydrogens (tertiary/aromatic N) is 4. The number of piperidine rings is 1. The Morgan fingerprint density at radius 1 is 1.28 bits per heavy atom. The first-order chi connectivity index (χ1) is 14.0. The summed E-state index contributed by atoms with van der Waals surface area (Å²) in [5.41, 5.74) is 2.89. The van der Waals surface area contributed by atoms with E-state index in [1.54, 1.807) is 23.0 Å². The predicted molar refractivity (Wildman–Crippen MR) is 107 cm³/mol. The molecule has 3 heterocycles. The number of halogens is 1. The molecule has 1 aliphatic heterocycles. The normalized spacial score (nSPS) is 15.1. The minimum Gasteiger partial charge on any atom is -0.355 e. The van der Waals surface area contributed by atoms with E-state index >= 15 is 0 Å². The number of benzene rings is 1. The van der Waals surface area contributed by atoms with E-state index in [0.717, 1.165) is 42.5 Å². The van der Waals surface area contributed by atoms with E-state index in [0.29, 0.717) is 30.5 Å². The number of likely N-dealkylation sites (tertiary alicyclic amines) is 1. The third kappa shape index (κ3) is 4.09. The molecule has 29 heavy (non-hydrogen) atoms. The molecule has 0 unspecified atom stereocenters. The summed E-state index contributed by atoms with van der Waals surface area (Å²) in [6.07, 6.45) is 5.24. The number of aryl methyl sites for hydroxylation is 2. The topological polar surface area (TPSA) is 64.2 Å². The lowest BCUT2D eigenvalue weighted by atomic mass is 9.90. The largest absolute Gasteiger partial charge is 0.355 e. The summed E-state index contributed by atoms with van der Waals surface area (Å²) in [5, 5.41) is 8.18. The molecule has 0 radical (unpaired) electrons. The summed E-state index contributed by atoms with van der Waals surface area (Å²) >= 11 is 0. The van der Waals surface area contributed by atoms with Crippen molar-refractivity contribution in [1.29, 1.82) is 0 Å². The molecule has 0 atom stereocenters. The average molecular weight is 396 g/mol. The Morgan fingerprint density at radius 3 is 2.72 bits per heavy atom. The molecule has 4 rings (SSSR count). The number of hydrogen-bond donors (Lipinski definition) is 0. The average Bonchev–Trinajstić information content (AvgIpc) is 3.34. The van der Waals surface area contributed by atoms with Crippen LogP contribution in [0.15, 0.2) is 41.1 Å². The van der Waals surface area contributed by atoms with Gasteiger partial charge in [0, 0.05) is 31.9 Å². The van der Waals surface area contributed by atoms with Gasteiger partial charge in [-0.1, -0.05) is 23.4 Å². The lowest BCUT2D eigenvalue weighted by molar-refractivity contribution is 0.0676. The monoisotopic (exact) mass is 396 g/mol. The second-order valence-corrected chi connectivity index (χ2v) is 7.71. The fourth-order valence-electron chi connectivity index (χ4n) is 3.89. The van der Waals surface area contributed by atoms with Crippen LogP contribution in [0, 0.1) is 18.7 Å². The van der Waals surface area contributed by atoms with Crippen LogP contribution in [0.25, 0.3) is 11.3 Å². The van der Waals surface area contributed by atoms with E-state index in [9.17, 15) is 9.18 Å². The number of carbonyl (C=O) groups excluding carboxylic acids is 1. The highest BCUT2D eigenvalue weighted by molar-refractivity contribution is 5.93. The van der Waals surface area contributed by atoms with Gasteiger partial charge in [0.05, 0.1) is 11.8 Å². The highest BCUT2D eigenvalue weighted by Crippen LogP contribution is 2.26. The van der Waals surface area contributed by atoms with Gasteiger partial charge < -0.3 is 9.42 Å². The van der Waals surface area contributed by atoms with Crippen molar-refractivity contribution < 1.29 is 13.7 Å². The van der Waals surface area contributed by atoms with Gasteiger partial charge in [-0.15, -0.1) is 0 Å². The molecule has 7 heteroatoms. The minimum absolute atomic E-state index is 0.103. The Morgan fingerprint density at radius 2 is 2.03 bits per heavy atom. The molecule has 1 saturated heterocycles. The number of carbonyl (C=O) groups is 1. The van der Waals surface area contributed by atoms with Crippen LogP contribution in [0.1, 0.15) is 41.0 Å². The van der Waals surface area contributed by atoms with Crippen molar-refractivity contribution in [2.24, 2.45) is 13.0 Å². The van der Waals surface area contributed by atoms with E-state index in [1.807, 2.05) is 31.0 Å². The fraction of sp³-hybridized carbons (Fsp3) is 0.409. The molecule has 0 N–H and O–H groups in total. The van der Waals surface area contributed by atoms with E-state index in [4.69, 9.17) is 4.52 Å². The smallest absolute Gasteiger partial charge is 0.276 e. The van der Waals surface area contributed by atoms with Crippen LogP contribution in [0.5, 0.6) is 0 Å². The molecule has 0 bridgehead atoms. The van der Waals surface area contributed by atoms with Gasteiger partial charge in [-0.25, -0.2) is 4.39 Å². The molecule has 1 amide bonds. The number of amides is 1. The predicted octanol–water partition coefficient (Wildman–Crippen LogP) is 4.01. The van der Waals surface area contributed by atoms with Gasteiger partial charge in [-0.05, 0) is 50.2 Å². The van der Waals surface area contributed by atoms with E-state index in [1.165, 1.54) is 6.07 Å². The van der Waals surface area contributed by atoms with Gasteiger partial charge >= 0.3 is 0 Å². The standard InChI is InChI=1S/C22H25FN4O2/c1-15-18(14-24-26(15)2)21-13-20(25-29-21)22(28)27-11-9-16(10-12-27)7-8-17-5-3-4-6-19(17)23/h3-6,13-14,16H,7-12H2,1-2H3. The van der Waals surface area contributed by atoms with Crippen molar-refractivity contribution in [3.05, 3.63) is 59.3 Å². The zero-order chi connectivity index (χ0) is 20.4. The Kier molecular flexibility index (Phi) is 5.47. The van der Waals surface area contributed by atoms with Crippen LogP contribution < -0.4 is 0 Å². The number of hydrogen-bond acceptors (Lipinski definition) is 4. The van der Waals surface area contributed by atoms with Crippen molar-refractivity contribution in [1.82, 2.24) is 19.8 Å². The maximum atomic E-state index is 13.8. The molecule has 0 spiro atoms. The molecule has 0 aliphatic carbocycles. The Labute approximate surface area is 169 Å². The van der Waals surface area contributed by atoms with Crippen molar-refractivity contribution in [3.8, 4) is 11.3 Å². The summed E-state index contributed by atoms with van der Waals surface area (Å²) in [5.74, 6) is 0.822. The van der Waals surface area contributed by atoms with E-state index in [-0.39, 0.29) is 11.7 Å². The lowest BCUT2D eigenvalue weighted by Crippen LogP contribution is -2.38. The SMILES string of the molecule is Cc1c(-c2cc(C(=O)N3CCC(CCc4ccccc4F)CC3)no2)cnn1C. The summed E-state index contributed by atoms with van der Waals surface area (Å²) in [6, 6.07) is 8.64. The molecular weight excluding hydrogens is 371 g/mol. The fourth-order valence-corrected chi connectivity index (χ4v) is 3.89. The first kappa shape index (κ1) is 19.4. The second-order valence-electron chi connectivity index (χ2n) is 7.71. The summed E-state index contributed by atoms with van der Waals surface area (Å²) in [7, 11) is 1.86. The molecule has 0 saturated carbocycles. The number of aromatic nitrogens is 3. The molecule has 1 fully saturated rings. The third-order valence-corrected chi connectivity index (χ3v) is 5.91. The minimum atomic E-state index is -0.134. The second kappa shape index (κ2) is 8.19. The maximum absolute atomic E-state index is 13.8. The van der Waals surface area contributed by atoms with Gasteiger partial charge in [0.15, 0.2) is 11.5 Å². The highest BCUT2D eigenvalue weighted by atomic mass is 19.1. The van der Waals surface area contributed by atoms with Gasteiger partial charge in [-0.2, -0.15) is 5.10 Å². The van der Waals surface area contributed by atoms with Crippen LogP contribution in [-0.2, 0) is 13.5 Å². The lowest BCUT2D eigenvalue weighted by Gasteiger charge is -2.31. The quantitative estimate of drug-likeness (QED) is 0.654. The van der Waals surface area contributed by atoms with Crippen LogP contribution >= 0.6 is 0 Å². The van der Waals surface area contributed by atoms with Gasteiger partial charge in [-0.3, -0.25) is 9.48 Å². The van der Waals surface area contributed by atoms with Crippen molar-refractivity contribution >= 4 is 5.91 Å². The first-order valence-electron chi connectivity index (χ1n) is 10.0. The first-order valence-corrected chi connectivity index (χ1v) is 10.0. The van der Waals surface area contributed by atoms with Crippen LogP contribution in [0.3, 0.4) is 0 Å². The molecule has 6 nitrogen and oxygen atoms in total. The van der Waals surface area contributed by atoms with Crippen LogP contribution in [-0.4, -0.2) is 38.8 Å². The molecular formula is C22H25FN4O2. The zero-order valence-electron chi connectivity index (χ0n) is 16.8. The Hall–Kier alpha value is -2.96. The molecule has 2 aromatic heterocycles. The highest BCUT2D eigenvalue weighted by Gasteiger charge is 2.26. The summed E-state index contributed by atoms with van der Waals surface area (Å²) in [4.78, 5) is 14.6. The molecule has 3 aromatic rings. The van der Waals surface area contributed by atoms with E-state index < -0.39 is 0 Å². The number of rotatable bonds is 5. The van der Waals surface area contributed by atoms with Crippen molar-refractivity contribution in [3.63, 3.8) is 0 Å². The maximum Gasteiger partial charge on any atom is 0.276 e. The molecule has 152 valence electrons. The van der Waals surface area contributed by atoms with Crippen LogP contribution in [0.2, 0.25) is 0 Å². The van der Waals surface area contributed by atoms with Gasteiger partial charge in [0.2, 0.25) is 0 Å². The zero-order valence-corrected chi connectivity index (χ0v) is 16.8. The van der Waals surface area contributed by atoms with E-state index in [2.05, 4.69) is 10.3 Å². The summed E-state index contributed by atoms with van der Waals surface area (Å²) in [6.45, 7) is 3.32. The summed E-state index contributed by atoms with van der Waals surface area (Å²) < 4.78 is 20.9. The van der Waals surface area contributed by atoms with Crippen LogP contribution in [0.4, 0.5) is 4.39 Å². The Balaban J connectivity index is 1.32. The van der Waals surface area contributed by atoms with Gasteiger partial charge in [0.1, 0.15) is 5.82 Å². The van der Waals surface area contributed by atoms with Crippen molar-refractivity contribution in [2.75, 3.05) is 13.1 Å². The third-order valence-electron chi connectivity index (χ3n) is 5.91. The molecule has 1 aromatic carbocycles. The van der Waals surface area contributed by atoms with Crippen molar-refractivity contribution in [2.45, 2.75) is 32.6 Å². The Bertz CT molecular complexity index is 1000.